The van der Waals surface area contributed by atoms with Crippen molar-refractivity contribution >= 4 is 5.91 Å². The highest BCUT2D eigenvalue weighted by molar-refractivity contribution is 5.79. The molecule has 1 aromatic rings. The van der Waals surface area contributed by atoms with Crippen molar-refractivity contribution in [3.05, 3.63) is 47.5 Å². The van der Waals surface area contributed by atoms with Crippen molar-refractivity contribution < 1.29 is 23.1 Å². The smallest absolute Gasteiger partial charge is 0.387 e. The Hall–Kier alpha value is -1.82. The summed E-state index contributed by atoms with van der Waals surface area (Å²) in [6.07, 6.45) is 0.161. The first kappa shape index (κ1) is 16.5. The Labute approximate surface area is 126 Å². The van der Waals surface area contributed by atoms with Crippen LogP contribution in [0.5, 0.6) is 0 Å². The summed E-state index contributed by atoms with van der Waals surface area (Å²) in [6, 6.07) is 4.85. The lowest BCUT2D eigenvalue weighted by atomic mass is 9.93. The van der Waals surface area contributed by atoms with Gasteiger partial charge in [-0.05, 0) is 30.9 Å². The fourth-order valence-corrected chi connectivity index (χ4v) is 2.53. The van der Waals surface area contributed by atoms with Gasteiger partial charge in [-0.25, -0.2) is 0 Å². The van der Waals surface area contributed by atoms with E-state index in [9.17, 15) is 23.1 Å². The van der Waals surface area contributed by atoms with Gasteiger partial charge in [-0.2, -0.15) is 13.2 Å². The Kier molecular flexibility index (Phi) is 5.24. The lowest BCUT2D eigenvalue weighted by Crippen LogP contribution is -2.34. The maximum Gasteiger partial charge on any atom is 0.416 e. The SMILES string of the molecule is O=C(NC[C@H](O)c1ccccc1C(F)(F)F)[C@@H]1CC=CCC1. The number of carbonyl (C=O) groups is 1. The molecular formula is C16H18F3NO2. The van der Waals surface area contributed by atoms with Crippen molar-refractivity contribution in [2.45, 2.75) is 31.5 Å². The van der Waals surface area contributed by atoms with Gasteiger partial charge >= 0.3 is 6.18 Å². The highest BCUT2D eigenvalue weighted by Crippen LogP contribution is 2.34. The normalized spacial score (nSPS) is 19.7. The van der Waals surface area contributed by atoms with Crippen LogP contribution in [0.3, 0.4) is 0 Å². The van der Waals surface area contributed by atoms with Gasteiger partial charge in [0.25, 0.3) is 0 Å². The van der Waals surface area contributed by atoms with Crippen LogP contribution in [0, 0.1) is 5.92 Å². The predicted octanol–water partition coefficient (Wildman–Crippen LogP) is 3.21. The van der Waals surface area contributed by atoms with E-state index in [2.05, 4.69) is 5.32 Å². The zero-order valence-electron chi connectivity index (χ0n) is 11.9. The van der Waals surface area contributed by atoms with Gasteiger partial charge in [0.2, 0.25) is 5.91 Å². The minimum Gasteiger partial charge on any atom is -0.387 e. The molecule has 0 aliphatic heterocycles. The van der Waals surface area contributed by atoms with Crippen LogP contribution >= 0.6 is 0 Å². The number of benzene rings is 1. The third-order valence-corrected chi connectivity index (χ3v) is 3.73. The van der Waals surface area contributed by atoms with Crippen molar-refractivity contribution in [1.29, 1.82) is 0 Å². The summed E-state index contributed by atoms with van der Waals surface area (Å²) < 4.78 is 38.7. The number of alkyl halides is 3. The third kappa shape index (κ3) is 4.10. The van der Waals surface area contributed by atoms with Crippen molar-refractivity contribution in [3.8, 4) is 0 Å². The predicted molar refractivity (Wildman–Crippen MR) is 75.9 cm³/mol. The number of nitrogens with one attached hydrogen (secondary N) is 1. The van der Waals surface area contributed by atoms with Crippen molar-refractivity contribution in [1.82, 2.24) is 5.32 Å². The van der Waals surface area contributed by atoms with Gasteiger partial charge < -0.3 is 10.4 Å². The second-order valence-electron chi connectivity index (χ2n) is 5.33. The highest BCUT2D eigenvalue weighted by Gasteiger charge is 2.34. The maximum atomic E-state index is 12.9. The molecule has 0 unspecified atom stereocenters. The average Bonchev–Trinajstić information content (AvgIpc) is 2.52. The van der Waals surface area contributed by atoms with Gasteiger partial charge in [0.15, 0.2) is 0 Å². The Bertz CT molecular complexity index is 555. The number of halogens is 3. The van der Waals surface area contributed by atoms with Crippen molar-refractivity contribution in [3.63, 3.8) is 0 Å². The Balaban J connectivity index is 1.99. The lowest BCUT2D eigenvalue weighted by molar-refractivity contribution is -0.139. The fraction of sp³-hybridized carbons (Fsp3) is 0.438. The molecular weight excluding hydrogens is 295 g/mol. The average molecular weight is 313 g/mol. The van der Waals surface area contributed by atoms with E-state index in [1.807, 2.05) is 12.2 Å². The lowest BCUT2D eigenvalue weighted by Gasteiger charge is -2.20. The van der Waals surface area contributed by atoms with Crippen molar-refractivity contribution in [2.75, 3.05) is 6.54 Å². The Morgan fingerprint density at radius 1 is 1.32 bits per heavy atom. The molecule has 0 aromatic heterocycles. The van der Waals surface area contributed by atoms with E-state index in [1.54, 1.807) is 0 Å². The first-order valence-electron chi connectivity index (χ1n) is 7.16. The molecule has 0 saturated carbocycles. The summed E-state index contributed by atoms with van der Waals surface area (Å²) in [6.45, 7) is -0.230. The van der Waals surface area contributed by atoms with E-state index in [0.717, 1.165) is 18.9 Å². The van der Waals surface area contributed by atoms with Crippen LogP contribution in [-0.4, -0.2) is 17.6 Å². The number of amides is 1. The number of rotatable bonds is 4. The fourth-order valence-electron chi connectivity index (χ4n) is 2.53. The minimum absolute atomic E-state index is 0.171. The standard InChI is InChI=1S/C16H18F3NO2/c17-16(18,19)13-9-5-4-8-12(13)14(21)10-20-15(22)11-6-2-1-3-7-11/h1-2,4-5,8-9,11,14,21H,3,6-7,10H2,(H,20,22)/t11-,14+/m1/s1. The van der Waals surface area contributed by atoms with Gasteiger partial charge in [0, 0.05) is 12.5 Å². The number of aliphatic hydroxyl groups excluding tert-OH is 1. The highest BCUT2D eigenvalue weighted by atomic mass is 19.4. The number of allylic oxidation sites excluding steroid dienone is 2. The summed E-state index contributed by atoms with van der Waals surface area (Å²) in [7, 11) is 0. The zero-order chi connectivity index (χ0) is 16.2. The summed E-state index contributed by atoms with van der Waals surface area (Å²) in [4.78, 5) is 11.9. The van der Waals surface area contributed by atoms with E-state index >= 15 is 0 Å². The molecule has 1 aromatic carbocycles. The van der Waals surface area contributed by atoms with Crippen molar-refractivity contribution in [2.24, 2.45) is 5.92 Å². The number of hydrogen-bond donors (Lipinski definition) is 2. The molecule has 0 spiro atoms. The molecule has 0 heterocycles. The molecule has 1 aliphatic rings. The monoisotopic (exact) mass is 313 g/mol. The first-order chi connectivity index (χ1) is 10.4. The molecule has 1 amide bonds. The third-order valence-electron chi connectivity index (χ3n) is 3.73. The van der Waals surface area contributed by atoms with Crippen LogP contribution in [0.4, 0.5) is 13.2 Å². The zero-order valence-corrected chi connectivity index (χ0v) is 11.9. The molecule has 2 rings (SSSR count). The van der Waals surface area contributed by atoms with Crippen LogP contribution in [0.1, 0.15) is 36.5 Å². The molecule has 2 N–H and O–H groups in total. The summed E-state index contributed by atoms with van der Waals surface area (Å²) >= 11 is 0. The van der Waals surface area contributed by atoms with Crippen LogP contribution < -0.4 is 5.32 Å². The van der Waals surface area contributed by atoms with Crippen LogP contribution in [0.25, 0.3) is 0 Å². The molecule has 0 fully saturated rings. The van der Waals surface area contributed by atoms with Gasteiger partial charge in [-0.3, -0.25) is 4.79 Å². The molecule has 2 atom stereocenters. The maximum absolute atomic E-state index is 12.9. The van der Waals surface area contributed by atoms with Crippen LogP contribution in [0.2, 0.25) is 0 Å². The van der Waals surface area contributed by atoms with E-state index in [-0.39, 0.29) is 23.9 Å². The molecule has 3 nitrogen and oxygen atoms in total. The van der Waals surface area contributed by atoms with E-state index in [0.29, 0.717) is 6.42 Å². The first-order valence-corrected chi connectivity index (χ1v) is 7.16. The van der Waals surface area contributed by atoms with Gasteiger partial charge in [-0.1, -0.05) is 30.4 Å². The van der Waals surface area contributed by atoms with E-state index in [1.165, 1.54) is 18.2 Å². The van der Waals surface area contributed by atoms with E-state index < -0.39 is 17.8 Å². The molecule has 0 bridgehead atoms. The molecule has 1 aliphatic carbocycles. The largest absolute Gasteiger partial charge is 0.416 e. The summed E-state index contributed by atoms with van der Waals surface area (Å²) in [5, 5.41) is 12.5. The topological polar surface area (TPSA) is 49.3 Å². The minimum atomic E-state index is -4.53. The van der Waals surface area contributed by atoms with Crippen LogP contribution in [0.15, 0.2) is 36.4 Å². The molecule has 0 radical (unpaired) electrons. The molecule has 120 valence electrons. The van der Waals surface area contributed by atoms with Gasteiger partial charge in [0.1, 0.15) is 0 Å². The summed E-state index contributed by atoms with van der Waals surface area (Å²) in [5.41, 5.74) is -1.10. The summed E-state index contributed by atoms with van der Waals surface area (Å²) in [5.74, 6) is -0.400. The van der Waals surface area contributed by atoms with E-state index in [4.69, 9.17) is 0 Å². The Morgan fingerprint density at radius 2 is 2.05 bits per heavy atom. The number of aliphatic hydroxyl groups is 1. The molecule has 22 heavy (non-hydrogen) atoms. The quantitative estimate of drug-likeness (QED) is 0.839. The van der Waals surface area contributed by atoms with Gasteiger partial charge in [0.05, 0.1) is 11.7 Å². The molecule has 0 saturated heterocycles. The Morgan fingerprint density at radius 3 is 2.68 bits per heavy atom. The van der Waals surface area contributed by atoms with Gasteiger partial charge in [-0.15, -0.1) is 0 Å². The van der Waals surface area contributed by atoms with Crippen LogP contribution in [-0.2, 0) is 11.0 Å². The second-order valence-corrected chi connectivity index (χ2v) is 5.33. The number of carbonyl (C=O) groups excluding carboxylic acids is 1. The number of hydrogen-bond acceptors (Lipinski definition) is 2. The molecule has 6 heteroatoms. The second kappa shape index (κ2) is 6.96.